The van der Waals surface area contributed by atoms with E-state index in [9.17, 15) is 0 Å². The van der Waals surface area contributed by atoms with Crippen molar-refractivity contribution in [2.45, 2.75) is 33.2 Å². The number of hydrogen-bond donors (Lipinski definition) is 0. The van der Waals surface area contributed by atoms with E-state index in [-0.39, 0.29) is 0 Å². The van der Waals surface area contributed by atoms with Crippen LogP contribution in [-0.2, 0) is 0 Å². The molecule has 1 heteroatoms. The summed E-state index contributed by atoms with van der Waals surface area (Å²) in [7, 11) is 0. The van der Waals surface area contributed by atoms with E-state index < -0.39 is 0 Å². The van der Waals surface area contributed by atoms with Crippen LogP contribution in [0.25, 0.3) is 0 Å². The second-order valence-corrected chi connectivity index (χ2v) is 3.53. The highest BCUT2D eigenvalue weighted by Gasteiger charge is 2.48. The number of rotatable bonds is 2. The summed E-state index contributed by atoms with van der Waals surface area (Å²) in [6.07, 6.45) is 0. The highest BCUT2D eigenvalue weighted by atomic mass is 15.3. The third kappa shape index (κ3) is 0.983. The van der Waals surface area contributed by atoms with E-state index in [1.54, 1.807) is 0 Å². The van der Waals surface area contributed by atoms with Crippen LogP contribution >= 0.6 is 0 Å². The van der Waals surface area contributed by atoms with E-state index in [4.69, 9.17) is 0 Å². The lowest BCUT2D eigenvalue weighted by Crippen LogP contribution is -2.20. The molecule has 1 fully saturated rings. The second kappa shape index (κ2) is 1.98. The summed E-state index contributed by atoms with van der Waals surface area (Å²) in [6.45, 7) is 11.7. The molecule has 1 heterocycles. The molecule has 1 aliphatic rings. The maximum atomic E-state index is 2.51. The normalized spacial score (nSPS) is 41.7. The van der Waals surface area contributed by atoms with Gasteiger partial charge in [-0.05, 0) is 19.4 Å². The van der Waals surface area contributed by atoms with Gasteiger partial charge in [0.25, 0.3) is 0 Å². The van der Waals surface area contributed by atoms with Gasteiger partial charge < -0.3 is 0 Å². The van der Waals surface area contributed by atoms with Gasteiger partial charge in [0, 0.05) is 12.1 Å². The van der Waals surface area contributed by atoms with Crippen molar-refractivity contribution in [1.82, 2.24) is 4.90 Å². The van der Waals surface area contributed by atoms with Crippen molar-refractivity contribution < 1.29 is 0 Å². The van der Waals surface area contributed by atoms with Gasteiger partial charge in [-0.15, -0.1) is 0 Å². The van der Waals surface area contributed by atoms with Crippen LogP contribution in [0, 0.1) is 5.92 Å². The molecule has 0 amide bonds. The van der Waals surface area contributed by atoms with Crippen LogP contribution in [0.5, 0.6) is 0 Å². The maximum absolute atomic E-state index is 2.51. The molecule has 0 aromatic heterocycles. The monoisotopic (exact) mass is 127 g/mol. The Bertz CT molecular complexity index is 109. The zero-order valence-electron chi connectivity index (χ0n) is 6.94. The molecule has 1 nitrogen and oxygen atoms in total. The highest BCUT2D eigenvalue weighted by Crippen LogP contribution is 2.37. The van der Waals surface area contributed by atoms with E-state index in [0.717, 1.165) is 5.92 Å². The minimum atomic E-state index is 0.550. The van der Waals surface area contributed by atoms with Gasteiger partial charge in [-0.25, -0.2) is 0 Å². The summed E-state index contributed by atoms with van der Waals surface area (Å²) in [5, 5.41) is 0. The molecule has 1 aliphatic heterocycles. The van der Waals surface area contributed by atoms with Gasteiger partial charge in [0.1, 0.15) is 0 Å². The van der Waals surface area contributed by atoms with Crippen molar-refractivity contribution in [3.05, 3.63) is 0 Å². The molecule has 2 unspecified atom stereocenters. The smallest absolute Gasteiger partial charge is 0.0332 e. The van der Waals surface area contributed by atoms with Gasteiger partial charge in [-0.2, -0.15) is 0 Å². The van der Waals surface area contributed by atoms with Crippen LogP contribution in [0.2, 0.25) is 0 Å². The minimum absolute atomic E-state index is 0.550. The molecule has 54 valence electrons. The average Bonchev–Trinajstić information content (AvgIpc) is 2.44. The Balaban J connectivity index is 2.42. The molecule has 0 aromatic carbocycles. The quantitative estimate of drug-likeness (QED) is 0.511. The summed E-state index contributed by atoms with van der Waals surface area (Å²) in [5.41, 5.74) is 0.550. The van der Waals surface area contributed by atoms with Crippen LogP contribution in [0.4, 0.5) is 0 Å². The fraction of sp³-hybridized carbons (Fsp3) is 1.00. The Morgan fingerprint density at radius 3 is 2.22 bits per heavy atom. The lowest BCUT2D eigenvalue weighted by Gasteiger charge is -2.14. The number of hydrogen-bond acceptors (Lipinski definition) is 1. The molecule has 0 saturated carbocycles. The summed E-state index contributed by atoms with van der Waals surface area (Å²) in [4.78, 5) is 2.51. The lowest BCUT2D eigenvalue weighted by atomic mass is 9.98. The lowest BCUT2D eigenvalue weighted by molar-refractivity contribution is 0.357. The van der Waals surface area contributed by atoms with Gasteiger partial charge in [0.15, 0.2) is 0 Å². The predicted octanol–water partition coefficient (Wildman–Crippen LogP) is 1.74. The van der Waals surface area contributed by atoms with Gasteiger partial charge in [-0.1, -0.05) is 20.8 Å². The largest absolute Gasteiger partial charge is 0.295 e. The Kier molecular flexibility index (Phi) is 1.55. The number of nitrogens with zero attached hydrogens (tertiary/aromatic N) is 1. The van der Waals surface area contributed by atoms with Crippen molar-refractivity contribution >= 4 is 0 Å². The zero-order valence-corrected chi connectivity index (χ0v) is 6.94. The van der Waals surface area contributed by atoms with Crippen molar-refractivity contribution in [2.75, 3.05) is 13.1 Å². The van der Waals surface area contributed by atoms with E-state index in [1.807, 2.05) is 0 Å². The van der Waals surface area contributed by atoms with Gasteiger partial charge in [0.05, 0.1) is 0 Å². The van der Waals surface area contributed by atoms with Crippen LogP contribution in [0.15, 0.2) is 0 Å². The molecule has 0 spiro atoms. The second-order valence-electron chi connectivity index (χ2n) is 3.53. The Labute approximate surface area is 58.0 Å². The van der Waals surface area contributed by atoms with Crippen LogP contribution < -0.4 is 0 Å². The van der Waals surface area contributed by atoms with E-state index in [1.165, 1.54) is 13.1 Å². The fourth-order valence-corrected chi connectivity index (χ4v) is 1.37. The first-order valence-electron chi connectivity index (χ1n) is 3.86. The summed E-state index contributed by atoms with van der Waals surface area (Å²) in [5.74, 6) is 0.817. The SMILES string of the molecule is CCN1CC1(C)C(C)C. The molecule has 2 atom stereocenters. The van der Waals surface area contributed by atoms with E-state index in [2.05, 4.69) is 32.6 Å². The maximum Gasteiger partial charge on any atom is 0.0332 e. The molecular formula is C8H17N. The summed E-state index contributed by atoms with van der Waals surface area (Å²) in [6, 6.07) is 0. The van der Waals surface area contributed by atoms with Crippen molar-refractivity contribution in [1.29, 1.82) is 0 Å². The van der Waals surface area contributed by atoms with Crippen LogP contribution in [0.3, 0.4) is 0 Å². The average molecular weight is 127 g/mol. The van der Waals surface area contributed by atoms with Gasteiger partial charge >= 0.3 is 0 Å². The molecule has 0 bridgehead atoms. The Morgan fingerprint density at radius 1 is 1.56 bits per heavy atom. The predicted molar refractivity (Wildman–Crippen MR) is 40.5 cm³/mol. The summed E-state index contributed by atoms with van der Waals surface area (Å²) >= 11 is 0. The zero-order chi connectivity index (χ0) is 7.07. The third-order valence-electron chi connectivity index (χ3n) is 2.76. The van der Waals surface area contributed by atoms with Crippen molar-refractivity contribution in [3.63, 3.8) is 0 Å². The fourth-order valence-electron chi connectivity index (χ4n) is 1.37. The highest BCUT2D eigenvalue weighted by molar-refractivity contribution is 5.04. The first-order chi connectivity index (χ1) is 4.11. The molecule has 0 N–H and O–H groups in total. The molecule has 1 saturated heterocycles. The molecular weight excluding hydrogens is 110 g/mol. The standard InChI is InChI=1S/C8H17N/c1-5-9-6-8(9,4)7(2)3/h7H,5-6H2,1-4H3. The van der Waals surface area contributed by atoms with Gasteiger partial charge in [-0.3, -0.25) is 4.90 Å². The van der Waals surface area contributed by atoms with Crippen LogP contribution in [-0.4, -0.2) is 23.5 Å². The van der Waals surface area contributed by atoms with Crippen molar-refractivity contribution in [3.8, 4) is 0 Å². The molecule has 0 aromatic rings. The van der Waals surface area contributed by atoms with Crippen LogP contribution in [0.1, 0.15) is 27.7 Å². The molecule has 0 radical (unpaired) electrons. The topological polar surface area (TPSA) is 3.01 Å². The number of likely N-dealkylation sites (N-methyl/N-ethyl adjacent to an activating group) is 1. The molecule has 1 rings (SSSR count). The van der Waals surface area contributed by atoms with E-state index in [0.29, 0.717) is 5.54 Å². The van der Waals surface area contributed by atoms with E-state index >= 15 is 0 Å². The minimum Gasteiger partial charge on any atom is -0.295 e. The first-order valence-corrected chi connectivity index (χ1v) is 3.86. The van der Waals surface area contributed by atoms with Crippen molar-refractivity contribution in [2.24, 2.45) is 5.92 Å². The van der Waals surface area contributed by atoms with Gasteiger partial charge in [0.2, 0.25) is 0 Å². The molecule has 9 heavy (non-hydrogen) atoms. The third-order valence-corrected chi connectivity index (χ3v) is 2.76. The molecule has 0 aliphatic carbocycles. The summed E-state index contributed by atoms with van der Waals surface area (Å²) < 4.78 is 0. The first kappa shape index (κ1) is 7.07. The Hall–Kier alpha value is -0.0400. The Morgan fingerprint density at radius 2 is 2.11 bits per heavy atom.